The molecule has 120 valence electrons. The first kappa shape index (κ1) is 16.9. The second-order valence-electron chi connectivity index (χ2n) is 4.38. The predicted molar refractivity (Wildman–Crippen MR) is 88.4 cm³/mol. The van der Waals surface area contributed by atoms with Crippen LogP contribution in [0.2, 0.25) is 5.02 Å². The third kappa shape index (κ3) is 5.04. The van der Waals surface area contributed by atoms with E-state index < -0.39 is 10.8 Å². The fourth-order valence-electron chi connectivity index (χ4n) is 1.62. The number of nitro groups is 1. The molecule has 0 spiro atoms. The van der Waals surface area contributed by atoms with Crippen LogP contribution in [0.3, 0.4) is 0 Å². The zero-order chi connectivity index (χ0) is 16.8. The van der Waals surface area contributed by atoms with Crippen molar-refractivity contribution in [3.63, 3.8) is 0 Å². The van der Waals surface area contributed by atoms with E-state index in [1.165, 1.54) is 23.6 Å². The molecule has 1 aromatic heterocycles. The van der Waals surface area contributed by atoms with E-state index in [2.05, 4.69) is 10.5 Å². The van der Waals surface area contributed by atoms with E-state index in [-0.39, 0.29) is 12.3 Å². The Bertz CT molecular complexity index is 743. The molecule has 0 saturated carbocycles. The molecule has 2 aromatic rings. The van der Waals surface area contributed by atoms with E-state index in [4.69, 9.17) is 16.3 Å². The first-order valence-electron chi connectivity index (χ1n) is 6.41. The van der Waals surface area contributed by atoms with Crippen molar-refractivity contribution in [2.75, 3.05) is 6.61 Å². The molecule has 0 radical (unpaired) electrons. The Kier molecular flexibility index (Phi) is 5.67. The highest BCUT2D eigenvalue weighted by atomic mass is 35.5. The van der Waals surface area contributed by atoms with Crippen molar-refractivity contribution < 1.29 is 14.5 Å². The maximum atomic E-state index is 11.6. The third-order valence-corrected chi connectivity index (χ3v) is 3.90. The van der Waals surface area contributed by atoms with Crippen LogP contribution in [0.1, 0.15) is 9.75 Å². The van der Waals surface area contributed by atoms with E-state index >= 15 is 0 Å². The Morgan fingerprint density at radius 3 is 2.78 bits per heavy atom. The summed E-state index contributed by atoms with van der Waals surface area (Å²) in [6, 6.07) is 8.00. The first-order valence-corrected chi connectivity index (χ1v) is 7.60. The number of ether oxygens (including phenoxy) is 1. The van der Waals surface area contributed by atoms with Gasteiger partial charge in [0.1, 0.15) is 5.75 Å². The van der Waals surface area contributed by atoms with Gasteiger partial charge in [0.25, 0.3) is 11.6 Å². The van der Waals surface area contributed by atoms with Gasteiger partial charge in [0.15, 0.2) is 6.61 Å². The van der Waals surface area contributed by atoms with Crippen molar-refractivity contribution >= 4 is 40.7 Å². The summed E-state index contributed by atoms with van der Waals surface area (Å²) in [5.41, 5.74) is 2.32. The number of benzene rings is 1. The zero-order valence-corrected chi connectivity index (χ0v) is 13.6. The lowest BCUT2D eigenvalue weighted by Crippen LogP contribution is -2.24. The topological polar surface area (TPSA) is 93.8 Å². The van der Waals surface area contributed by atoms with Crippen LogP contribution in [0.25, 0.3) is 0 Å². The highest BCUT2D eigenvalue weighted by Gasteiger charge is 2.14. The van der Waals surface area contributed by atoms with E-state index in [0.717, 1.165) is 0 Å². The Labute approximate surface area is 140 Å². The number of halogens is 1. The molecule has 1 aromatic carbocycles. The Balaban J connectivity index is 1.83. The molecule has 1 heterocycles. The average molecular weight is 354 g/mol. The quantitative estimate of drug-likeness (QED) is 0.490. The smallest absolute Gasteiger partial charge is 0.283 e. The van der Waals surface area contributed by atoms with Crippen molar-refractivity contribution in [1.29, 1.82) is 0 Å². The molecule has 0 aliphatic heterocycles. The van der Waals surface area contributed by atoms with Crippen LogP contribution in [0.15, 0.2) is 35.4 Å². The molecule has 23 heavy (non-hydrogen) atoms. The molecular weight excluding hydrogens is 342 g/mol. The van der Waals surface area contributed by atoms with Gasteiger partial charge < -0.3 is 4.74 Å². The van der Waals surface area contributed by atoms with Crippen LogP contribution < -0.4 is 10.2 Å². The van der Waals surface area contributed by atoms with Crippen LogP contribution in [-0.2, 0) is 4.79 Å². The largest absolute Gasteiger partial charge is 0.484 e. The fraction of sp³-hybridized carbons (Fsp3) is 0.143. The molecule has 9 heteroatoms. The average Bonchev–Trinajstić information content (AvgIpc) is 2.88. The first-order chi connectivity index (χ1) is 11.0. The number of thiophene rings is 1. The van der Waals surface area contributed by atoms with E-state index in [0.29, 0.717) is 20.5 Å². The van der Waals surface area contributed by atoms with Gasteiger partial charge in [-0.1, -0.05) is 11.6 Å². The number of hydrogen-bond donors (Lipinski definition) is 1. The zero-order valence-electron chi connectivity index (χ0n) is 12.0. The van der Waals surface area contributed by atoms with Crippen LogP contribution >= 0.6 is 22.9 Å². The van der Waals surface area contributed by atoms with Gasteiger partial charge in [0.2, 0.25) is 0 Å². The summed E-state index contributed by atoms with van der Waals surface area (Å²) in [6.45, 7) is 1.45. The van der Waals surface area contributed by atoms with Crippen molar-refractivity contribution in [1.82, 2.24) is 5.43 Å². The molecule has 0 unspecified atom stereocenters. The van der Waals surface area contributed by atoms with Gasteiger partial charge in [-0.25, -0.2) is 5.43 Å². The summed E-state index contributed by atoms with van der Waals surface area (Å²) in [6.07, 6.45) is 1.35. The molecular formula is C14H12ClN3O4S. The van der Waals surface area contributed by atoms with Gasteiger partial charge >= 0.3 is 0 Å². The van der Waals surface area contributed by atoms with Gasteiger partial charge in [0.05, 0.1) is 20.9 Å². The Morgan fingerprint density at radius 1 is 1.48 bits per heavy atom. The van der Waals surface area contributed by atoms with Crippen molar-refractivity contribution in [2.24, 2.45) is 5.10 Å². The number of carbonyl (C=O) groups is 1. The van der Waals surface area contributed by atoms with Gasteiger partial charge in [-0.2, -0.15) is 5.10 Å². The molecule has 7 nitrogen and oxygen atoms in total. The lowest BCUT2D eigenvalue weighted by molar-refractivity contribution is -0.385. The number of rotatable bonds is 6. The summed E-state index contributed by atoms with van der Waals surface area (Å²) in [4.78, 5) is 23.0. The number of aryl methyl sites for hydroxylation is 1. The molecule has 1 amide bonds. The molecule has 2 rings (SSSR count). The van der Waals surface area contributed by atoms with E-state index in [9.17, 15) is 14.9 Å². The minimum Gasteiger partial charge on any atom is -0.484 e. The second kappa shape index (κ2) is 7.70. The second-order valence-corrected chi connectivity index (χ2v) is 6.11. The maximum Gasteiger partial charge on any atom is 0.283 e. The summed E-state index contributed by atoms with van der Waals surface area (Å²) >= 11 is 6.96. The number of amides is 1. The normalized spacial score (nSPS) is 10.7. The summed E-state index contributed by atoms with van der Waals surface area (Å²) in [5.74, 6) is 0.0667. The summed E-state index contributed by atoms with van der Waals surface area (Å²) in [7, 11) is 0. The van der Waals surface area contributed by atoms with Gasteiger partial charge in [-0.15, -0.1) is 11.3 Å². The number of hydrogen-bond acceptors (Lipinski definition) is 6. The minimum atomic E-state index is -0.457. The maximum absolute atomic E-state index is 11.6. The molecule has 0 bridgehead atoms. The summed E-state index contributed by atoms with van der Waals surface area (Å²) in [5, 5.41) is 15.1. The van der Waals surface area contributed by atoms with Gasteiger partial charge in [-0.3, -0.25) is 14.9 Å². The van der Waals surface area contributed by atoms with E-state index in [1.54, 1.807) is 31.2 Å². The number of nitrogens with zero attached hydrogens (tertiary/aromatic N) is 2. The van der Waals surface area contributed by atoms with Gasteiger partial charge in [-0.05, 0) is 31.2 Å². The monoisotopic (exact) mass is 353 g/mol. The third-order valence-electron chi connectivity index (χ3n) is 2.67. The minimum absolute atomic E-state index is 0.0360. The molecule has 0 aliphatic carbocycles. The Hall–Kier alpha value is -2.45. The highest BCUT2D eigenvalue weighted by Crippen LogP contribution is 2.26. The fourth-order valence-corrected chi connectivity index (χ4v) is 2.61. The molecule has 0 atom stereocenters. The molecule has 0 fully saturated rings. The van der Waals surface area contributed by atoms with Crippen LogP contribution in [0.5, 0.6) is 5.75 Å². The van der Waals surface area contributed by atoms with Crippen LogP contribution in [-0.4, -0.2) is 23.7 Å². The lowest BCUT2D eigenvalue weighted by Gasteiger charge is -2.04. The molecule has 0 aliphatic rings. The molecule has 1 N–H and O–H groups in total. The van der Waals surface area contributed by atoms with Crippen LogP contribution in [0, 0.1) is 17.0 Å². The SMILES string of the molecule is Cc1sc(/C=N/NC(=O)COc2ccc(Cl)cc2)cc1[N+](=O)[O-]. The van der Waals surface area contributed by atoms with Gasteiger partial charge in [0, 0.05) is 11.1 Å². The number of carbonyl (C=O) groups excluding carboxylic acids is 1. The Morgan fingerprint density at radius 2 is 2.17 bits per heavy atom. The molecule has 0 saturated heterocycles. The van der Waals surface area contributed by atoms with Crippen LogP contribution in [0.4, 0.5) is 5.69 Å². The standard InChI is InChI=1S/C14H12ClN3O4S/c1-9-13(18(20)21)6-12(23-9)7-16-17-14(19)8-22-11-4-2-10(15)3-5-11/h2-7H,8H2,1H3,(H,17,19)/b16-7+. The highest BCUT2D eigenvalue weighted by molar-refractivity contribution is 7.14. The van der Waals surface area contributed by atoms with Crippen molar-refractivity contribution in [3.05, 3.63) is 55.2 Å². The summed E-state index contributed by atoms with van der Waals surface area (Å²) < 4.78 is 5.25. The number of hydrazone groups is 1. The predicted octanol–water partition coefficient (Wildman–Crippen LogP) is 3.15. The van der Waals surface area contributed by atoms with Crippen molar-refractivity contribution in [2.45, 2.75) is 6.92 Å². The van der Waals surface area contributed by atoms with E-state index in [1.807, 2.05) is 0 Å². The van der Waals surface area contributed by atoms with Crippen molar-refractivity contribution in [3.8, 4) is 5.75 Å². The number of nitrogens with one attached hydrogen (secondary N) is 1. The lowest BCUT2D eigenvalue weighted by atomic mass is 10.3.